The molecule has 0 aromatic heterocycles. The van der Waals surface area contributed by atoms with Gasteiger partial charge in [0.25, 0.3) is 0 Å². The molecule has 4 nitrogen and oxygen atoms in total. The van der Waals surface area contributed by atoms with E-state index < -0.39 is 0 Å². The number of hydrogen-bond donors (Lipinski definition) is 2. The van der Waals surface area contributed by atoms with Gasteiger partial charge in [0.05, 0.1) is 0 Å². The van der Waals surface area contributed by atoms with E-state index in [0.717, 1.165) is 48.1 Å². The second-order valence-corrected chi connectivity index (χ2v) is 5.34. The maximum atomic E-state index is 6.08. The number of nitrogens with zero attached hydrogens (tertiary/aromatic N) is 1. The first kappa shape index (κ1) is 14.4. The molecule has 0 amide bonds. The van der Waals surface area contributed by atoms with Gasteiger partial charge in [-0.15, -0.1) is 0 Å². The van der Waals surface area contributed by atoms with Gasteiger partial charge in [0.15, 0.2) is 5.96 Å². The fourth-order valence-electron chi connectivity index (χ4n) is 2.37. The highest BCUT2D eigenvalue weighted by Gasteiger charge is 2.08. The summed E-state index contributed by atoms with van der Waals surface area (Å²) in [5.41, 5.74) is 2.24. The molecule has 2 aromatic carbocycles. The normalized spacial score (nSPS) is 14.0. The van der Waals surface area contributed by atoms with Crippen LogP contribution in [0.25, 0.3) is 0 Å². The van der Waals surface area contributed by atoms with Gasteiger partial charge in [-0.25, -0.2) is 0 Å². The zero-order chi connectivity index (χ0) is 15.2. The average molecular weight is 295 g/mol. The summed E-state index contributed by atoms with van der Waals surface area (Å²) in [4.78, 5) is 4.43. The predicted octanol–water partition coefficient (Wildman–Crippen LogP) is 3.23. The van der Waals surface area contributed by atoms with E-state index in [0.29, 0.717) is 6.54 Å². The third-order valence-corrected chi connectivity index (χ3v) is 3.63. The summed E-state index contributed by atoms with van der Waals surface area (Å²) >= 11 is 0. The third-order valence-electron chi connectivity index (χ3n) is 3.63. The fourth-order valence-corrected chi connectivity index (χ4v) is 2.37. The van der Waals surface area contributed by atoms with Gasteiger partial charge in [-0.05, 0) is 31.0 Å². The van der Waals surface area contributed by atoms with E-state index in [-0.39, 0.29) is 0 Å². The molecule has 3 rings (SSSR count). The number of benzene rings is 2. The number of guanidine groups is 1. The van der Waals surface area contributed by atoms with Crippen molar-refractivity contribution in [3.8, 4) is 11.5 Å². The summed E-state index contributed by atoms with van der Waals surface area (Å²) in [6.07, 6.45) is 1.10. The smallest absolute Gasteiger partial charge is 0.191 e. The lowest BCUT2D eigenvalue weighted by Crippen LogP contribution is -2.40. The van der Waals surface area contributed by atoms with Crippen LogP contribution in [0.15, 0.2) is 53.5 Å². The molecule has 0 saturated heterocycles. The fraction of sp³-hybridized carbons (Fsp3) is 0.278. The number of ether oxygens (including phenoxy) is 1. The molecule has 2 aromatic rings. The highest BCUT2D eigenvalue weighted by molar-refractivity contribution is 5.80. The van der Waals surface area contributed by atoms with Crippen molar-refractivity contribution in [3.05, 3.63) is 59.7 Å². The minimum absolute atomic E-state index is 0.688. The van der Waals surface area contributed by atoms with Crippen LogP contribution in [0, 0.1) is 6.92 Å². The van der Waals surface area contributed by atoms with Crippen LogP contribution in [0.4, 0.5) is 0 Å². The molecule has 22 heavy (non-hydrogen) atoms. The van der Waals surface area contributed by atoms with Crippen molar-refractivity contribution >= 4 is 5.96 Å². The van der Waals surface area contributed by atoms with E-state index in [2.05, 4.69) is 34.7 Å². The van der Waals surface area contributed by atoms with Crippen LogP contribution in [0.3, 0.4) is 0 Å². The standard InChI is InChI=1S/C18H21N3O/c1-14-7-2-4-9-16(14)22-17-10-5-3-8-15(17)13-21-18-19-11-6-12-20-18/h2-5,7-10H,6,11-13H2,1H3,(H2,19,20,21). The van der Waals surface area contributed by atoms with Gasteiger partial charge in [0.2, 0.25) is 0 Å². The zero-order valence-corrected chi connectivity index (χ0v) is 12.8. The van der Waals surface area contributed by atoms with Gasteiger partial charge in [-0.2, -0.15) is 0 Å². The number of hydrogen-bond acceptors (Lipinski definition) is 4. The molecular weight excluding hydrogens is 274 g/mol. The van der Waals surface area contributed by atoms with Gasteiger partial charge >= 0.3 is 0 Å². The highest BCUT2D eigenvalue weighted by Crippen LogP contribution is 2.27. The third kappa shape index (κ3) is 3.58. The van der Waals surface area contributed by atoms with Crippen LogP contribution in [0.5, 0.6) is 11.5 Å². The van der Waals surface area contributed by atoms with Crippen LogP contribution in [0.1, 0.15) is 17.5 Å². The number of aliphatic imine (C=N–C) groups is 1. The monoisotopic (exact) mass is 295 g/mol. The molecule has 1 aliphatic rings. The molecule has 0 bridgehead atoms. The molecule has 114 valence electrons. The first-order chi connectivity index (χ1) is 10.8. The molecule has 1 heterocycles. The van der Waals surface area contributed by atoms with Crippen molar-refractivity contribution in [1.29, 1.82) is 0 Å². The first-order valence-electron chi connectivity index (χ1n) is 7.66. The summed E-state index contributed by atoms with van der Waals surface area (Å²) in [7, 11) is 0. The van der Waals surface area contributed by atoms with Gasteiger partial charge in [-0.1, -0.05) is 36.4 Å². The second-order valence-electron chi connectivity index (χ2n) is 5.34. The Morgan fingerprint density at radius 1 is 1.09 bits per heavy atom. The topological polar surface area (TPSA) is 45.6 Å². The molecule has 0 unspecified atom stereocenters. The minimum atomic E-state index is 0.688. The van der Waals surface area contributed by atoms with Crippen molar-refractivity contribution in [3.63, 3.8) is 0 Å². The Bertz CT molecular complexity index is 667. The Labute approximate surface area is 131 Å². The van der Waals surface area contributed by atoms with Crippen molar-refractivity contribution in [2.75, 3.05) is 13.1 Å². The van der Waals surface area contributed by atoms with Crippen LogP contribution >= 0.6 is 0 Å². The molecule has 0 spiro atoms. The summed E-state index contributed by atoms with van der Waals surface area (Å²) in [6, 6.07) is 16.1. The molecule has 0 fully saturated rings. The molecule has 0 aliphatic carbocycles. The molecule has 0 atom stereocenters. The van der Waals surface area contributed by atoms with Gasteiger partial charge in [-0.3, -0.25) is 4.99 Å². The predicted molar refractivity (Wildman–Crippen MR) is 89.5 cm³/mol. The lowest BCUT2D eigenvalue weighted by atomic mass is 10.2. The largest absolute Gasteiger partial charge is 0.457 e. The lowest BCUT2D eigenvalue weighted by molar-refractivity contribution is 0.471. The number of aryl methyl sites for hydroxylation is 1. The summed E-state index contributed by atoms with van der Waals surface area (Å²) < 4.78 is 6.08. The maximum Gasteiger partial charge on any atom is 0.191 e. The molecule has 1 aliphatic heterocycles. The molecule has 0 saturated carbocycles. The Hall–Kier alpha value is -2.49. The van der Waals surface area contributed by atoms with Gasteiger partial charge in [0.1, 0.15) is 11.5 Å². The Kier molecular flexibility index (Phi) is 4.59. The van der Waals surface area contributed by atoms with E-state index in [9.17, 15) is 0 Å². The first-order valence-corrected chi connectivity index (χ1v) is 7.66. The van der Waals surface area contributed by atoms with Crippen molar-refractivity contribution in [2.45, 2.75) is 19.9 Å². The van der Waals surface area contributed by atoms with Crippen LogP contribution in [0.2, 0.25) is 0 Å². The molecule has 0 radical (unpaired) electrons. The number of nitrogens with one attached hydrogen (secondary N) is 2. The number of rotatable bonds is 4. The van der Waals surface area contributed by atoms with Gasteiger partial charge < -0.3 is 15.4 Å². The molecular formula is C18H21N3O. The maximum absolute atomic E-state index is 6.08. The van der Waals surface area contributed by atoms with E-state index >= 15 is 0 Å². The average Bonchev–Trinajstić information content (AvgIpc) is 2.57. The summed E-state index contributed by atoms with van der Waals surface area (Å²) in [5.74, 6) is 2.64. The van der Waals surface area contributed by atoms with Crippen LogP contribution < -0.4 is 15.4 Å². The Morgan fingerprint density at radius 3 is 2.64 bits per heavy atom. The lowest BCUT2D eigenvalue weighted by Gasteiger charge is -2.17. The quantitative estimate of drug-likeness (QED) is 0.910. The van der Waals surface area contributed by atoms with E-state index in [1.165, 1.54) is 0 Å². The summed E-state index contributed by atoms with van der Waals surface area (Å²) in [6.45, 7) is 4.61. The van der Waals surface area contributed by atoms with Crippen LogP contribution in [-0.4, -0.2) is 19.0 Å². The Morgan fingerprint density at radius 2 is 1.86 bits per heavy atom. The molecule has 2 N–H and O–H groups in total. The summed E-state index contributed by atoms with van der Waals surface area (Å²) in [5, 5.41) is 6.60. The number of para-hydroxylation sites is 2. The van der Waals surface area contributed by atoms with Crippen molar-refractivity contribution in [1.82, 2.24) is 10.6 Å². The van der Waals surface area contributed by atoms with Crippen molar-refractivity contribution in [2.24, 2.45) is 4.99 Å². The minimum Gasteiger partial charge on any atom is -0.457 e. The molecule has 4 heteroatoms. The Balaban J connectivity index is 1.72. The van der Waals surface area contributed by atoms with E-state index in [1.807, 2.05) is 36.4 Å². The zero-order valence-electron chi connectivity index (χ0n) is 12.8. The van der Waals surface area contributed by atoms with Crippen LogP contribution in [-0.2, 0) is 6.54 Å². The van der Waals surface area contributed by atoms with E-state index in [1.54, 1.807) is 0 Å². The second kappa shape index (κ2) is 6.98. The van der Waals surface area contributed by atoms with Gasteiger partial charge in [0, 0.05) is 25.2 Å². The van der Waals surface area contributed by atoms with E-state index in [4.69, 9.17) is 4.74 Å². The highest BCUT2D eigenvalue weighted by atomic mass is 16.5. The van der Waals surface area contributed by atoms with Crippen molar-refractivity contribution < 1.29 is 4.74 Å². The SMILES string of the molecule is Cc1ccccc1Oc1ccccc1CNC1=NCCCN1.